The zero-order valence-electron chi connectivity index (χ0n) is 25.1. The van der Waals surface area contributed by atoms with E-state index in [2.05, 4.69) is 50.5 Å². The summed E-state index contributed by atoms with van der Waals surface area (Å²) in [5.74, 6) is 0.868. The zero-order valence-corrected chi connectivity index (χ0v) is 25.1. The second-order valence-corrected chi connectivity index (χ2v) is 9.02. The monoisotopic (exact) mass is 533 g/mol. The maximum atomic E-state index is 6.40. The van der Waals surface area contributed by atoms with Gasteiger partial charge in [-0.15, -0.1) is 0 Å². The Balaban J connectivity index is 0.00000495. The second kappa shape index (κ2) is 18.6. The largest absolute Gasteiger partial charge is 0.398 e. The first kappa shape index (κ1) is 33.4. The highest BCUT2D eigenvalue weighted by Crippen LogP contribution is 2.16. The van der Waals surface area contributed by atoms with E-state index in [1.54, 1.807) is 6.08 Å². The predicted octanol–water partition coefficient (Wildman–Crippen LogP) is 6.97. The maximum Gasteiger partial charge on any atom is 0.127 e. The van der Waals surface area contributed by atoms with Crippen LogP contribution in [0.4, 0.5) is 0 Å². The van der Waals surface area contributed by atoms with Crippen LogP contribution in [0.3, 0.4) is 0 Å². The number of aryl methyl sites for hydroxylation is 1. The molecule has 1 aliphatic heterocycles. The number of hydrogen-bond donors (Lipinski definition) is 2. The van der Waals surface area contributed by atoms with Crippen LogP contribution in [0.2, 0.25) is 0 Å². The number of nitrogens with two attached hydrogens (primary N) is 2. The Morgan fingerprint density at radius 2 is 1.90 bits per heavy atom. The van der Waals surface area contributed by atoms with Crippen molar-refractivity contribution < 1.29 is 6.16 Å². The van der Waals surface area contributed by atoms with Gasteiger partial charge in [-0.3, -0.25) is 4.99 Å². The summed E-state index contributed by atoms with van der Waals surface area (Å²) in [6, 6.07) is 8.10. The summed E-state index contributed by atoms with van der Waals surface area (Å²) in [7, 11) is 0. The standard InChI is InChI=1S/C31H43N5O.C2H6.H2/c1-7-11-26(12-8-2)29(32)20-24(5)35-31(36-15-17-37-18-16-36)21-25(6)34-28(9-3)22-30(33)27-14-10-13-23(4)19-27;1-2;/h7-8,10-14,19-22,25H,1,9,15-18,32-33H2,2-6H3;1-2H3;1H/b12-8-,26-11+,29-20-,30-22-,31-21+,34-28?,35-24+;;. The van der Waals surface area contributed by atoms with Crippen molar-refractivity contribution in [2.45, 2.75) is 60.9 Å². The quantitative estimate of drug-likeness (QED) is 0.237. The van der Waals surface area contributed by atoms with Gasteiger partial charge >= 0.3 is 0 Å². The molecule has 0 amide bonds. The molecule has 0 bridgehead atoms. The van der Waals surface area contributed by atoms with Crippen molar-refractivity contribution in [1.29, 1.82) is 0 Å². The SMILES string of the molecule is C=C/C=C(\C=C/C)C(/N)=C/C(C)=N/C(=C\C(C)N=C(/C=C(\N)c1cccc(C)c1)CC)N1CCOCC1.CC.[HH]. The van der Waals surface area contributed by atoms with Crippen molar-refractivity contribution in [3.8, 4) is 0 Å². The molecule has 39 heavy (non-hydrogen) atoms. The minimum Gasteiger partial charge on any atom is -0.398 e. The molecule has 1 fully saturated rings. The van der Waals surface area contributed by atoms with Gasteiger partial charge < -0.3 is 21.1 Å². The number of morpholine rings is 1. The predicted molar refractivity (Wildman–Crippen MR) is 173 cm³/mol. The van der Waals surface area contributed by atoms with E-state index in [0.29, 0.717) is 24.6 Å². The second-order valence-electron chi connectivity index (χ2n) is 9.02. The summed E-state index contributed by atoms with van der Waals surface area (Å²) in [6.07, 6.45) is 14.3. The molecule has 6 nitrogen and oxygen atoms in total. The highest BCUT2D eigenvalue weighted by Gasteiger charge is 2.15. The molecular weight excluding hydrogens is 482 g/mol. The summed E-state index contributed by atoms with van der Waals surface area (Å²) >= 11 is 0. The molecular formula is C33H51N5O. The Hall–Kier alpha value is -3.64. The van der Waals surface area contributed by atoms with Crippen molar-refractivity contribution in [3.05, 3.63) is 102 Å². The molecule has 1 aromatic rings. The van der Waals surface area contributed by atoms with Gasteiger partial charge in [-0.25, -0.2) is 4.99 Å². The number of ether oxygens (including phenoxy) is 1. The molecule has 1 aliphatic rings. The number of hydrogen-bond acceptors (Lipinski definition) is 6. The van der Waals surface area contributed by atoms with E-state index in [-0.39, 0.29) is 7.47 Å². The minimum atomic E-state index is -0.0912. The Morgan fingerprint density at radius 1 is 1.21 bits per heavy atom. The first-order valence-corrected chi connectivity index (χ1v) is 13.9. The van der Waals surface area contributed by atoms with Gasteiger partial charge in [0.15, 0.2) is 0 Å². The van der Waals surface area contributed by atoms with Gasteiger partial charge in [-0.2, -0.15) is 0 Å². The normalized spacial score (nSPS) is 17.2. The van der Waals surface area contributed by atoms with Crippen LogP contribution in [0.1, 0.15) is 60.5 Å². The van der Waals surface area contributed by atoms with E-state index >= 15 is 0 Å². The van der Waals surface area contributed by atoms with Gasteiger partial charge in [0.25, 0.3) is 0 Å². The fourth-order valence-corrected chi connectivity index (χ4v) is 3.91. The van der Waals surface area contributed by atoms with Crippen LogP contribution >= 0.6 is 0 Å². The molecule has 4 N–H and O–H groups in total. The fraction of sp³-hybridized carbons (Fsp3) is 0.394. The molecule has 0 aromatic heterocycles. The number of aliphatic imine (C=N–C) groups is 2. The molecule has 1 aromatic carbocycles. The number of allylic oxidation sites excluding steroid dienone is 6. The Bertz CT molecular complexity index is 1140. The highest BCUT2D eigenvalue weighted by molar-refractivity contribution is 6.00. The van der Waals surface area contributed by atoms with Crippen LogP contribution in [0, 0.1) is 6.92 Å². The van der Waals surface area contributed by atoms with Crippen molar-refractivity contribution in [2.75, 3.05) is 26.3 Å². The van der Waals surface area contributed by atoms with E-state index in [9.17, 15) is 0 Å². The fourth-order valence-electron chi connectivity index (χ4n) is 3.91. The molecule has 6 heteroatoms. The lowest BCUT2D eigenvalue weighted by Gasteiger charge is -2.29. The van der Waals surface area contributed by atoms with E-state index in [1.165, 1.54) is 5.56 Å². The smallest absolute Gasteiger partial charge is 0.127 e. The summed E-state index contributed by atoms with van der Waals surface area (Å²) < 4.78 is 5.56. The number of benzene rings is 1. The molecule has 214 valence electrons. The van der Waals surface area contributed by atoms with Crippen LogP contribution in [-0.4, -0.2) is 48.7 Å². The molecule has 1 atom stereocenters. The lowest BCUT2D eigenvalue weighted by Crippen LogP contribution is -2.35. The average molecular weight is 534 g/mol. The molecule has 0 aliphatic carbocycles. The summed E-state index contributed by atoms with van der Waals surface area (Å²) in [4.78, 5) is 12.1. The van der Waals surface area contributed by atoms with Crippen LogP contribution < -0.4 is 11.5 Å². The zero-order chi connectivity index (χ0) is 29.2. The summed E-state index contributed by atoms with van der Waals surface area (Å²) in [5.41, 5.74) is 18.9. The van der Waals surface area contributed by atoms with Crippen molar-refractivity contribution in [1.82, 2.24) is 4.90 Å². The maximum absolute atomic E-state index is 6.40. The molecule has 1 heterocycles. The van der Waals surface area contributed by atoms with Crippen molar-refractivity contribution >= 4 is 17.1 Å². The summed E-state index contributed by atoms with van der Waals surface area (Å²) in [5, 5.41) is 0. The third kappa shape index (κ3) is 12.2. The molecule has 1 saturated heterocycles. The van der Waals surface area contributed by atoms with E-state index in [0.717, 1.165) is 47.9 Å². The first-order valence-electron chi connectivity index (χ1n) is 13.9. The third-order valence-corrected chi connectivity index (χ3v) is 5.76. The van der Waals surface area contributed by atoms with Crippen LogP contribution in [0.5, 0.6) is 0 Å². The molecule has 1 unspecified atom stereocenters. The van der Waals surface area contributed by atoms with Crippen LogP contribution in [0.15, 0.2) is 100 Å². The first-order chi connectivity index (χ1) is 18.8. The van der Waals surface area contributed by atoms with E-state index in [1.807, 2.05) is 70.2 Å². The summed E-state index contributed by atoms with van der Waals surface area (Å²) in [6.45, 7) is 20.8. The molecule has 0 radical (unpaired) electrons. The van der Waals surface area contributed by atoms with Crippen molar-refractivity contribution in [2.24, 2.45) is 21.5 Å². The van der Waals surface area contributed by atoms with Gasteiger partial charge in [0.2, 0.25) is 0 Å². The Morgan fingerprint density at radius 3 is 2.49 bits per heavy atom. The Labute approximate surface area is 238 Å². The highest BCUT2D eigenvalue weighted by atomic mass is 16.5. The number of nitrogens with zero attached hydrogens (tertiary/aromatic N) is 3. The molecule has 2 rings (SSSR count). The number of rotatable bonds is 11. The van der Waals surface area contributed by atoms with Gasteiger partial charge in [0.05, 0.1) is 19.3 Å². The topological polar surface area (TPSA) is 89.2 Å². The van der Waals surface area contributed by atoms with E-state index in [4.69, 9.17) is 26.2 Å². The lowest BCUT2D eigenvalue weighted by molar-refractivity contribution is 0.0529. The van der Waals surface area contributed by atoms with E-state index < -0.39 is 0 Å². The lowest BCUT2D eigenvalue weighted by atomic mass is 10.1. The van der Waals surface area contributed by atoms with Gasteiger partial charge in [-0.1, -0.05) is 75.4 Å². The Kier molecular flexibility index (Phi) is 15.9. The van der Waals surface area contributed by atoms with Crippen molar-refractivity contribution in [3.63, 3.8) is 0 Å². The third-order valence-electron chi connectivity index (χ3n) is 5.76. The van der Waals surface area contributed by atoms with Crippen LogP contribution in [-0.2, 0) is 4.74 Å². The van der Waals surface area contributed by atoms with Gasteiger partial charge in [-0.05, 0) is 69.5 Å². The van der Waals surface area contributed by atoms with Gasteiger partial charge in [0, 0.05) is 37.3 Å². The molecule has 0 saturated carbocycles. The molecule has 0 spiro atoms. The average Bonchev–Trinajstić information content (AvgIpc) is 2.93. The van der Waals surface area contributed by atoms with Gasteiger partial charge in [0.1, 0.15) is 5.82 Å². The minimum absolute atomic E-state index is 0. The van der Waals surface area contributed by atoms with Crippen LogP contribution in [0.25, 0.3) is 5.70 Å².